The Morgan fingerprint density at radius 2 is 1.79 bits per heavy atom. The second kappa shape index (κ2) is 8.04. The maximum Gasteiger partial charge on any atom is 0.282 e. The van der Waals surface area contributed by atoms with Crippen molar-refractivity contribution in [1.29, 1.82) is 0 Å². The molecule has 0 fully saturated rings. The van der Waals surface area contributed by atoms with Gasteiger partial charge in [0, 0.05) is 18.6 Å². The minimum Gasteiger partial charge on any atom is -0.495 e. The maximum absolute atomic E-state index is 13.4. The predicted molar refractivity (Wildman–Crippen MR) is 108 cm³/mol. The first kappa shape index (κ1) is 19.9. The number of halogens is 1. The van der Waals surface area contributed by atoms with Crippen LogP contribution < -0.4 is 9.64 Å². The number of hydrogen-bond donors (Lipinski definition) is 1. The number of imide groups is 1. The van der Waals surface area contributed by atoms with Gasteiger partial charge in [-0.1, -0.05) is 29.8 Å². The number of benzene rings is 2. The minimum absolute atomic E-state index is 0.150. The number of anilines is 1. The Labute approximate surface area is 168 Å². The third-order valence-corrected chi connectivity index (χ3v) is 4.84. The second-order valence-corrected chi connectivity index (χ2v) is 6.93. The highest BCUT2D eigenvalue weighted by atomic mass is 35.5. The van der Waals surface area contributed by atoms with Crippen molar-refractivity contribution in [3.8, 4) is 5.75 Å². The number of aliphatic hydroxyl groups is 1. The highest BCUT2D eigenvalue weighted by Gasteiger charge is 2.42. The molecule has 0 unspecified atom stereocenters. The van der Waals surface area contributed by atoms with Crippen LogP contribution in [0.15, 0.2) is 48.2 Å². The van der Waals surface area contributed by atoms with E-state index in [1.165, 1.54) is 7.11 Å². The van der Waals surface area contributed by atoms with Crippen LogP contribution in [0.5, 0.6) is 5.75 Å². The van der Waals surface area contributed by atoms with Crippen LogP contribution in [0.25, 0.3) is 5.57 Å². The van der Waals surface area contributed by atoms with Gasteiger partial charge in [0.1, 0.15) is 11.4 Å². The molecule has 6 nitrogen and oxygen atoms in total. The first-order chi connectivity index (χ1) is 13.4. The van der Waals surface area contributed by atoms with Gasteiger partial charge in [0.25, 0.3) is 11.8 Å². The van der Waals surface area contributed by atoms with Gasteiger partial charge in [-0.3, -0.25) is 9.59 Å². The van der Waals surface area contributed by atoms with Crippen molar-refractivity contribution in [1.82, 2.24) is 4.90 Å². The van der Waals surface area contributed by atoms with Crippen molar-refractivity contribution < 1.29 is 19.4 Å². The molecule has 28 heavy (non-hydrogen) atoms. The highest BCUT2D eigenvalue weighted by Crippen LogP contribution is 2.38. The van der Waals surface area contributed by atoms with Crippen molar-refractivity contribution in [2.24, 2.45) is 0 Å². The van der Waals surface area contributed by atoms with Gasteiger partial charge in [-0.2, -0.15) is 0 Å². The summed E-state index contributed by atoms with van der Waals surface area (Å²) in [5.74, 6) is -0.486. The Kier molecular flexibility index (Phi) is 5.72. The highest BCUT2D eigenvalue weighted by molar-refractivity contribution is 6.45. The van der Waals surface area contributed by atoms with E-state index >= 15 is 0 Å². The van der Waals surface area contributed by atoms with Gasteiger partial charge in [-0.25, -0.2) is 4.90 Å². The lowest BCUT2D eigenvalue weighted by molar-refractivity contribution is -0.120. The summed E-state index contributed by atoms with van der Waals surface area (Å²) in [6.07, 6.45) is 0. The molecule has 0 atom stereocenters. The summed E-state index contributed by atoms with van der Waals surface area (Å²) >= 11 is 5.98. The molecule has 2 aromatic carbocycles. The van der Waals surface area contributed by atoms with Crippen LogP contribution >= 0.6 is 11.6 Å². The van der Waals surface area contributed by atoms with E-state index in [0.717, 1.165) is 10.5 Å². The SMILES string of the molecule is COc1ccc(C)cc1N1C(=O)C(c2ccc(Cl)cc2)=C(N(C)CCO)C1=O. The van der Waals surface area contributed by atoms with Crippen LogP contribution in [0, 0.1) is 6.92 Å². The van der Waals surface area contributed by atoms with Crippen molar-refractivity contribution in [2.75, 3.05) is 32.2 Å². The lowest BCUT2D eigenvalue weighted by atomic mass is 10.0. The van der Waals surface area contributed by atoms with E-state index in [2.05, 4.69) is 0 Å². The molecule has 146 valence electrons. The predicted octanol–water partition coefficient (Wildman–Crippen LogP) is 2.87. The molecule has 0 spiro atoms. The zero-order valence-electron chi connectivity index (χ0n) is 15.9. The molecule has 7 heteroatoms. The average Bonchev–Trinajstić information content (AvgIpc) is 2.93. The number of carbonyl (C=O) groups excluding carboxylic acids is 2. The van der Waals surface area contributed by atoms with Gasteiger partial charge in [0.2, 0.25) is 0 Å². The van der Waals surface area contributed by atoms with Crippen LogP contribution in [0.4, 0.5) is 5.69 Å². The molecule has 1 aliphatic rings. The number of likely N-dealkylation sites (N-methyl/N-ethyl adjacent to an activating group) is 1. The number of methoxy groups -OCH3 is 1. The fraction of sp³-hybridized carbons (Fsp3) is 0.238. The Hall–Kier alpha value is -2.83. The molecule has 0 aliphatic carbocycles. The van der Waals surface area contributed by atoms with Gasteiger partial charge in [-0.05, 0) is 42.3 Å². The fourth-order valence-electron chi connectivity index (χ4n) is 3.20. The second-order valence-electron chi connectivity index (χ2n) is 6.50. The van der Waals surface area contributed by atoms with E-state index in [4.69, 9.17) is 16.3 Å². The largest absolute Gasteiger partial charge is 0.495 e. The molecule has 2 aromatic rings. The number of aliphatic hydroxyl groups excluding tert-OH is 1. The summed E-state index contributed by atoms with van der Waals surface area (Å²) in [5, 5.41) is 9.86. The Morgan fingerprint density at radius 1 is 1.11 bits per heavy atom. The molecule has 0 saturated carbocycles. The fourth-order valence-corrected chi connectivity index (χ4v) is 3.33. The summed E-state index contributed by atoms with van der Waals surface area (Å²) in [4.78, 5) is 29.4. The number of aryl methyl sites for hydroxylation is 1. The summed E-state index contributed by atoms with van der Waals surface area (Å²) in [6.45, 7) is 1.94. The molecule has 1 heterocycles. The first-order valence-corrected chi connectivity index (χ1v) is 9.12. The molecule has 0 saturated heterocycles. The number of rotatable bonds is 6. The van der Waals surface area contributed by atoms with Gasteiger partial charge in [0.05, 0.1) is 25.0 Å². The maximum atomic E-state index is 13.4. The van der Waals surface area contributed by atoms with Crippen molar-refractivity contribution in [3.05, 3.63) is 64.3 Å². The van der Waals surface area contributed by atoms with Crippen molar-refractivity contribution >= 4 is 34.7 Å². The number of nitrogens with zero attached hydrogens (tertiary/aromatic N) is 2. The molecule has 1 N–H and O–H groups in total. The molecule has 2 amide bonds. The van der Waals surface area contributed by atoms with E-state index < -0.39 is 11.8 Å². The van der Waals surface area contributed by atoms with E-state index in [0.29, 0.717) is 22.0 Å². The number of ether oxygens (including phenoxy) is 1. The Bertz CT molecular complexity index is 953. The van der Waals surface area contributed by atoms with Crippen molar-refractivity contribution in [3.63, 3.8) is 0 Å². The molecule has 0 aromatic heterocycles. The van der Waals surface area contributed by atoms with Gasteiger partial charge in [-0.15, -0.1) is 0 Å². The van der Waals surface area contributed by atoms with E-state index in [1.807, 2.05) is 13.0 Å². The van der Waals surface area contributed by atoms with Crippen molar-refractivity contribution in [2.45, 2.75) is 6.92 Å². The summed E-state index contributed by atoms with van der Waals surface area (Å²) < 4.78 is 5.37. The number of carbonyl (C=O) groups is 2. The topological polar surface area (TPSA) is 70.1 Å². The van der Waals surface area contributed by atoms with Crippen LogP contribution in [0.3, 0.4) is 0 Å². The number of hydrogen-bond acceptors (Lipinski definition) is 5. The quantitative estimate of drug-likeness (QED) is 0.755. The third kappa shape index (κ3) is 3.48. The Balaban J connectivity index is 2.17. The van der Waals surface area contributed by atoms with Crippen LogP contribution in [-0.2, 0) is 9.59 Å². The van der Waals surface area contributed by atoms with E-state index in [-0.39, 0.29) is 24.4 Å². The lowest BCUT2D eigenvalue weighted by Gasteiger charge is -2.21. The molecule has 1 aliphatic heterocycles. The minimum atomic E-state index is -0.463. The standard InChI is InChI=1S/C21H21ClN2O4/c1-13-4-9-17(28-3)16(12-13)24-20(26)18(14-5-7-15(22)8-6-14)19(21(24)27)23(2)10-11-25/h4-9,12,25H,10-11H2,1-3H3. The molecular weight excluding hydrogens is 380 g/mol. The average molecular weight is 401 g/mol. The summed E-state index contributed by atoms with van der Waals surface area (Å²) in [5.41, 5.74) is 2.35. The normalized spacial score (nSPS) is 14.1. The van der Waals surface area contributed by atoms with E-state index in [9.17, 15) is 14.7 Å². The van der Waals surface area contributed by atoms with Gasteiger partial charge >= 0.3 is 0 Å². The Morgan fingerprint density at radius 3 is 2.39 bits per heavy atom. The molecule has 0 radical (unpaired) electrons. The number of amides is 2. The molecule has 0 bridgehead atoms. The van der Waals surface area contributed by atoms with Crippen LogP contribution in [0.1, 0.15) is 11.1 Å². The van der Waals surface area contributed by atoms with Gasteiger partial charge in [0.15, 0.2) is 0 Å². The smallest absolute Gasteiger partial charge is 0.282 e. The molecule has 3 rings (SSSR count). The lowest BCUT2D eigenvalue weighted by Crippen LogP contribution is -2.35. The first-order valence-electron chi connectivity index (χ1n) is 8.74. The van der Waals surface area contributed by atoms with Crippen LogP contribution in [0.2, 0.25) is 5.02 Å². The van der Waals surface area contributed by atoms with E-state index in [1.54, 1.807) is 48.3 Å². The monoisotopic (exact) mass is 400 g/mol. The van der Waals surface area contributed by atoms with Gasteiger partial charge < -0.3 is 14.7 Å². The summed E-state index contributed by atoms with van der Waals surface area (Å²) in [7, 11) is 3.16. The van der Waals surface area contributed by atoms with Crippen LogP contribution in [-0.4, -0.2) is 49.1 Å². The zero-order valence-corrected chi connectivity index (χ0v) is 16.7. The zero-order chi connectivity index (χ0) is 20.4. The summed E-state index contributed by atoms with van der Waals surface area (Å²) in [6, 6.07) is 12.0. The molecular formula is C21H21ClN2O4. The third-order valence-electron chi connectivity index (χ3n) is 4.58.